The summed E-state index contributed by atoms with van der Waals surface area (Å²) >= 11 is 0. The Kier molecular flexibility index (Phi) is 3.19. The fourth-order valence-corrected chi connectivity index (χ4v) is 1.62. The molecule has 0 saturated carbocycles. The highest BCUT2D eigenvalue weighted by Gasteiger charge is 2.00. The van der Waals surface area contributed by atoms with Gasteiger partial charge in [0, 0.05) is 12.6 Å². The molecule has 2 aromatic carbocycles. The molecule has 0 bridgehead atoms. The van der Waals surface area contributed by atoms with Crippen molar-refractivity contribution in [2.45, 2.75) is 6.92 Å². The van der Waals surface area contributed by atoms with E-state index in [1.165, 1.54) is 19.1 Å². The third-order valence-corrected chi connectivity index (χ3v) is 2.36. The van der Waals surface area contributed by atoms with E-state index in [-0.39, 0.29) is 11.7 Å². The van der Waals surface area contributed by atoms with Gasteiger partial charge in [-0.15, -0.1) is 0 Å². The van der Waals surface area contributed by atoms with Gasteiger partial charge in [-0.1, -0.05) is 24.3 Å². The van der Waals surface area contributed by atoms with Gasteiger partial charge in [-0.2, -0.15) is 0 Å². The lowest BCUT2D eigenvalue weighted by Crippen LogP contribution is -2.05. The lowest BCUT2D eigenvalue weighted by atomic mass is 10.1. The average Bonchev–Trinajstić information content (AvgIpc) is 2.29. The van der Waals surface area contributed by atoms with E-state index in [0.29, 0.717) is 0 Å². The van der Waals surface area contributed by atoms with E-state index in [1.807, 2.05) is 24.3 Å². The second kappa shape index (κ2) is 4.78. The van der Waals surface area contributed by atoms with E-state index in [1.54, 1.807) is 12.1 Å². The molecule has 0 spiro atoms. The minimum Gasteiger partial charge on any atom is -0.326 e. The first kappa shape index (κ1) is 11.3. The maximum Gasteiger partial charge on any atom is 0.221 e. The Balaban J connectivity index is 2.32. The molecule has 2 aromatic rings. The first-order valence-electron chi connectivity index (χ1n) is 5.29. The molecule has 0 heterocycles. The Morgan fingerprint density at radius 1 is 1.06 bits per heavy atom. The Morgan fingerprint density at radius 3 is 2.41 bits per heavy atom. The molecule has 0 aliphatic carbocycles. The monoisotopic (exact) mass is 229 g/mol. The highest BCUT2D eigenvalue weighted by Crippen LogP contribution is 2.22. The maximum absolute atomic E-state index is 12.8. The molecule has 0 atom stereocenters. The predicted molar refractivity (Wildman–Crippen MR) is 66.1 cm³/mol. The van der Waals surface area contributed by atoms with Gasteiger partial charge in [-0.05, 0) is 35.4 Å². The standard InChI is InChI=1S/C14H12FNO/c1-10(17)16-14-4-2-3-12(9-14)11-5-7-13(15)8-6-11/h2-9H,1H3,(H,16,17). The van der Waals surface area contributed by atoms with Gasteiger partial charge in [0.1, 0.15) is 5.82 Å². The molecule has 0 unspecified atom stereocenters. The van der Waals surface area contributed by atoms with Crippen molar-refractivity contribution in [1.29, 1.82) is 0 Å². The zero-order chi connectivity index (χ0) is 12.3. The summed E-state index contributed by atoms with van der Waals surface area (Å²) in [4.78, 5) is 10.9. The van der Waals surface area contributed by atoms with Crippen LogP contribution in [0.5, 0.6) is 0 Å². The molecule has 3 heteroatoms. The normalized spacial score (nSPS) is 10.0. The Hall–Kier alpha value is -2.16. The van der Waals surface area contributed by atoms with Crippen LogP contribution in [0.4, 0.5) is 10.1 Å². The zero-order valence-electron chi connectivity index (χ0n) is 9.41. The molecule has 86 valence electrons. The van der Waals surface area contributed by atoms with Crippen LogP contribution >= 0.6 is 0 Å². The molecule has 2 rings (SSSR count). The molecule has 1 N–H and O–H groups in total. The van der Waals surface area contributed by atoms with Gasteiger partial charge in [-0.25, -0.2) is 4.39 Å². The van der Waals surface area contributed by atoms with E-state index >= 15 is 0 Å². The third kappa shape index (κ3) is 2.91. The average molecular weight is 229 g/mol. The van der Waals surface area contributed by atoms with Gasteiger partial charge < -0.3 is 5.32 Å². The number of rotatable bonds is 2. The summed E-state index contributed by atoms with van der Waals surface area (Å²) in [5.74, 6) is -0.368. The van der Waals surface area contributed by atoms with Crippen molar-refractivity contribution in [2.24, 2.45) is 0 Å². The van der Waals surface area contributed by atoms with Crippen LogP contribution in [0.2, 0.25) is 0 Å². The van der Waals surface area contributed by atoms with Crippen LogP contribution in [-0.2, 0) is 4.79 Å². The summed E-state index contributed by atoms with van der Waals surface area (Å²) in [6.07, 6.45) is 0. The highest BCUT2D eigenvalue weighted by atomic mass is 19.1. The fourth-order valence-electron chi connectivity index (χ4n) is 1.62. The van der Waals surface area contributed by atoms with E-state index in [0.717, 1.165) is 16.8 Å². The van der Waals surface area contributed by atoms with Crippen molar-refractivity contribution in [3.05, 3.63) is 54.3 Å². The lowest BCUT2D eigenvalue weighted by molar-refractivity contribution is -0.114. The number of amides is 1. The maximum atomic E-state index is 12.8. The van der Waals surface area contributed by atoms with Crippen LogP contribution in [0.3, 0.4) is 0 Å². The van der Waals surface area contributed by atoms with Crippen molar-refractivity contribution in [2.75, 3.05) is 5.32 Å². The van der Waals surface area contributed by atoms with Gasteiger partial charge in [0.25, 0.3) is 0 Å². The van der Waals surface area contributed by atoms with Gasteiger partial charge in [0.15, 0.2) is 0 Å². The highest BCUT2D eigenvalue weighted by molar-refractivity contribution is 5.89. The van der Waals surface area contributed by atoms with Crippen LogP contribution in [-0.4, -0.2) is 5.91 Å². The zero-order valence-corrected chi connectivity index (χ0v) is 9.41. The number of halogens is 1. The van der Waals surface area contributed by atoms with Crippen molar-refractivity contribution in [1.82, 2.24) is 0 Å². The molecule has 1 amide bonds. The summed E-state index contributed by atoms with van der Waals surface area (Å²) in [7, 11) is 0. The predicted octanol–water partition coefficient (Wildman–Crippen LogP) is 3.45. The quantitative estimate of drug-likeness (QED) is 0.839. The van der Waals surface area contributed by atoms with Crippen LogP contribution < -0.4 is 5.32 Å². The number of hydrogen-bond donors (Lipinski definition) is 1. The number of carbonyl (C=O) groups is 1. The summed E-state index contributed by atoms with van der Waals surface area (Å²) in [5.41, 5.74) is 2.59. The van der Waals surface area contributed by atoms with Crippen molar-refractivity contribution < 1.29 is 9.18 Å². The molecule has 0 aliphatic rings. The van der Waals surface area contributed by atoms with Crippen LogP contribution in [0.25, 0.3) is 11.1 Å². The molecular weight excluding hydrogens is 217 g/mol. The Bertz CT molecular complexity index is 534. The molecule has 2 nitrogen and oxygen atoms in total. The van der Waals surface area contributed by atoms with E-state index in [9.17, 15) is 9.18 Å². The van der Waals surface area contributed by atoms with Gasteiger partial charge >= 0.3 is 0 Å². The number of benzene rings is 2. The van der Waals surface area contributed by atoms with Crippen molar-refractivity contribution >= 4 is 11.6 Å². The Morgan fingerprint density at radius 2 is 1.76 bits per heavy atom. The second-order valence-corrected chi connectivity index (χ2v) is 3.77. The molecule has 0 radical (unpaired) electrons. The van der Waals surface area contributed by atoms with Crippen molar-refractivity contribution in [3.8, 4) is 11.1 Å². The number of anilines is 1. The molecule has 17 heavy (non-hydrogen) atoms. The van der Waals surface area contributed by atoms with E-state index < -0.39 is 0 Å². The second-order valence-electron chi connectivity index (χ2n) is 3.77. The largest absolute Gasteiger partial charge is 0.326 e. The number of hydrogen-bond acceptors (Lipinski definition) is 1. The van der Waals surface area contributed by atoms with Gasteiger partial charge in [0.05, 0.1) is 0 Å². The molecule has 0 aliphatic heterocycles. The fraction of sp³-hybridized carbons (Fsp3) is 0.0714. The first-order chi connectivity index (χ1) is 8.15. The number of carbonyl (C=O) groups excluding carboxylic acids is 1. The summed E-state index contributed by atoms with van der Waals surface area (Å²) in [6, 6.07) is 13.7. The summed E-state index contributed by atoms with van der Waals surface area (Å²) in [6.45, 7) is 1.46. The minimum absolute atomic E-state index is 0.110. The third-order valence-electron chi connectivity index (χ3n) is 2.36. The first-order valence-corrected chi connectivity index (χ1v) is 5.29. The molecule has 0 saturated heterocycles. The summed E-state index contributed by atoms with van der Waals surface area (Å²) < 4.78 is 12.8. The Labute approximate surface area is 99.1 Å². The molecular formula is C14H12FNO. The van der Waals surface area contributed by atoms with E-state index in [4.69, 9.17) is 0 Å². The minimum atomic E-state index is -0.258. The summed E-state index contributed by atoms with van der Waals surface area (Å²) in [5, 5.41) is 2.71. The molecule has 0 aromatic heterocycles. The smallest absolute Gasteiger partial charge is 0.221 e. The topological polar surface area (TPSA) is 29.1 Å². The lowest BCUT2D eigenvalue weighted by Gasteiger charge is -2.05. The molecule has 0 fully saturated rings. The van der Waals surface area contributed by atoms with Gasteiger partial charge in [-0.3, -0.25) is 4.79 Å². The number of nitrogens with one attached hydrogen (secondary N) is 1. The SMILES string of the molecule is CC(=O)Nc1cccc(-c2ccc(F)cc2)c1. The van der Waals surface area contributed by atoms with E-state index in [2.05, 4.69) is 5.32 Å². The van der Waals surface area contributed by atoms with Crippen LogP contribution in [0, 0.1) is 5.82 Å². The van der Waals surface area contributed by atoms with Crippen LogP contribution in [0.1, 0.15) is 6.92 Å². The van der Waals surface area contributed by atoms with Crippen LogP contribution in [0.15, 0.2) is 48.5 Å². The van der Waals surface area contributed by atoms with Crippen molar-refractivity contribution in [3.63, 3.8) is 0 Å². The van der Waals surface area contributed by atoms with Gasteiger partial charge in [0.2, 0.25) is 5.91 Å².